The number of nitrogens with one attached hydrogen (secondary N) is 2. The van der Waals surface area contributed by atoms with Crippen LogP contribution in [0.3, 0.4) is 0 Å². The van der Waals surface area contributed by atoms with E-state index in [0.717, 1.165) is 23.4 Å². The molecule has 0 aliphatic carbocycles. The smallest absolute Gasteiger partial charge is 0.255 e. The van der Waals surface area contributed by atoms with Crippen molar-refractivity contribution in [2.24, 2.45) is 5.92 Å². The predicted molar refractivity (Wildman–Crippen MR) is 99.4 cm³/mol. The summed E-state index contributed by atoms with van der Waals surface area (Å²) in [4.78, 5) is 17.3. The van der Waals surface area contributed by atoms with Crippen molar-refractivity contribution in [1.82, 2.24) is 14.8 Å². The van der Waals surface area contributed by atoms with E-state index in [2.05, 4.69) is 40.6 Å². The van der Waals surface area contributed by atoms with Crippen LogP contribution in [-0.2, 0) is 4.79 Å². The zero-order valence-electron chi connectivity index (χ0n) is 15.4. The lowest BCUT2D eigenvalue weighted by Gasteiger charge is -2.29. The van der Waals surface area contributed by atoms with E-state index in [1.807, 2.05) is 37.6 Å². The molecule has 1 aromatic heterocycles. The lowest BCUT2D eigenvalue weighted by molar-refractivity contribution is -0.113. The molecule has 0 saturated heterocycles. The van der Waals surface area contributed by atoms with E-state index in [1.54, 1.807) is 0 Å². The number of hydrogen-bond donors (Lipinski definition) is 2. The third-order valence-electron chi connectivity index (χ3n) is 4.47. The van der Waals surface area contributed by atoms with Crippen molar-refractivity contribution in [3.05, 3.63) is 46.9 Å². The molecular weight excluding hydrogens is 314 g/mol. The van der Waals surface area contributed by atoms with Gasteiger partial charge >= 0.3 is 0 Å². The second kappa shape index (κ2) is 6.70. The number of benzene rings is 1. The molecule has 1 aliphatic rings. The molecule has 0 saturated carbocycles. The largest absolute Gasteiger partial charge is 0.328 e. The Morgan fingerprint density at radius 1 is 1.32 bits per heavy atom. The van der Waals surface area contributed by atoms with E-state index in [9.17, 15) is 4.79 Å². The SMILES string of the molecule is CC1=C(C(=O)Nc2ccc(C)cc2C)[C@H](CC(C)C)n2ncnc2N1. The molecule has 0 bridgehead atoms. The highest BCUT2D eigenvalue weighted by Gasteiger charge is 2.32. The van der Waals surface area contributed by atoms with Crippen LogP contribution in [0.2, 0.25) is 0 Å². The summed E-state index contributed by atoms with van der Waals surface area (Å²) in [5, 5.41) is 10.6. The Kier molecular flexibility index (Phi) is 4.61. The van der Waals surface area contributed by atoms with Crippen molar-refractivity contribution >= 4 is 17.5 Å². The molecule has 3 rings (SSSR count). The van der Waals surface area contributed by atoms with Gasteiger partial charge in [0, 0.05) is 11.4 Å². The number of anilines is 2. The van der Waals surface area contributed by atoms with Gasteiger partial charge in [-0.1, -0.05) is 31.5 Å². The molecule has 2 heterocycles. The van der Waals surface area contributed by atoms with E-state index >= 15 is 0 Å². The number of aryl methyl sites for hydroxylation is 2. The van der Waals surface area contributed by atoms with Crippen LogP contribution in [0.4, 0.5) is 11.6 Å². The number of carbonyl (C=O) groups excluding carboxylic acids is 1. The van der Waals surface area contributed by atoms with Gasteiger partial charge in [0.25, 0.3) is 5.91 Å². The lowest BCUT2D eigenvalue weighted by atomic mass is 9.93. The highest BCUT2D eigenvalue weighted by Crippen LogP contribution is 2.34. The van der Waals surface area contributed by atoms with Gasteiger partial charge in [0.15, 0.2) is 0 Å². The van der Waals surface area contributed by atoms with Gasteiger partial charge in [-0.05, 0) is 44.7 Å². The summed E-state index contributed by atoms with van der Waals surface area (Å²) in [5.74, 6) is 1.02. The number of nitrogens with zero attached hydrogens (tertiary/aromatic N) is 3. The Bertz CT molecular complexity index is 834. The summed E-state index contributed by atoms with van der Waals surface area (Å²) in [5.41, 5.74) is 4.61. The Hall–Kier alpha value is -2.63. The van der Waals surface area contributed by atoms with E-state index in [1.165, 1.54) is 11.9 Å². The van der Waals surface area contributed by atoms with Crippen molar-refractivity contribution in [3.63, 3.8) is 0 Å². The average molecular weight is 339 g/mol. The first-order chi connectivity index (χ1) is 11.9. The fourth-order valence-corrected chi connectivity index (χ4v) is 3.30. The molecule has 1 aromatic carbocycles. The maximum absolute atomic E-state index is 13.1. The molecule has 1 aliphatic heterocycles. The van der Waals surface area contributed by atoms with E-state index in [0.29, 0.717) is 17.4 Å². The monoisotopic (exact) mass is 339 g/mol. The fourth-order valence-electron chi connectivity index (χ4n) is 3.30. The lowest BCUT2D eigenvalue weighted by Crippen LogP contribution is -2.31. The first-order valence-electron chi connectivity index (χ1n) is 8.62. The zero-order valence-corrected chi connectivity index (χ0v) is 15.4. The van der Waals surface area contributed by atoms with Crippen LogP contribution < -0.4 is 10.6 Å². The molecule has 0 radical (unpaired) electrons. The zero-order chi connectivity index (χ0) is 18.1. The van der Waals surface area contributed by atoms with Crippen LogP contribution >= 0.6 is 0 Å². The Morgan fingerprint density at radius 3 is 2.76 bits per heavy atom. The Balaban J connectivity index is 1.93. The van der Waals surface area contributed by atoms with Crippen molar-refractivity contribution in [1.29, 1.82) is 0 Å². The first kappa shape index (κ1) is 17.2. The molecule has 0 unspecified atom stereocenters. The van der Waals surface area contributed by atoms with E-state index < -0.39 is 0 Å². The predicted octanol–water partition coefficient (Wildman–Crippen LogP) is 3.82. The summed E-state index contributed by atoms with van der Waals surface area (Å²) in [6, 6.07) is 5.90. The standard InChI is InChI=1S/C19H25N5O/c1-11(2)8-16-17(14(5)22-19-20-10-21-24(16)19)18(25)23-15-7-6-12(3)9-13(15)4/h6-7,9-11,16H,8H2,1-5H3,(H,23,25)(H,20,21,22)/t16-/m0/s1. The number of allylic oxidation sites excluding steroid dienone is 1. The summed E-state index contributed by atoms with van der Waals surface area (Å²) >= 11 is 0. The minimum Gasteiger partial charge on any atom is -0.328 e. The summed E-state index contributed by atoms with van der Waals surface area (Å²) in [6.45, 7) is 10.3. The molecule has 2 N–H and O–H groups in total. The molecule has 2 aromatic rings. The van der Waals surface area contributed by atoms with E-state index in [4.69, 9.17) is 0 Å². The summed E-state index contributed by atoms with van der Waals surface area (Å²) in [6.07, 6.45) is 2.35. The molecule has 6 nitrogen and oxygen atoms in total. The van der Waals surface area contributed by atoms with Gasteiger partial charge in [-0.2, -0.15) is 10.1 Å². The van der Waals surface area contributed by atoms with Crippen molar-refractivity contribution < 1.29 is 4.79 Å². The second-order valence-electron chi connectivity index (χ2n) is 7.11. The number of aromatic nitrogens is 3. The fraction of sp³-hybridized carbons (Fsp3) is 0.421. The van der Waals surface area contributed by atoms with Crippen LogP contribution in [0.1, 0.15) is 44.4 Å². The normalized spacial score (nSPS) is 16.6. The van der Waals surface area contributed by atoms with Crippen molar-refractivity contribution in [2.75, 3.05) is 10.6 Å². The van der Waals surface area contributed by atoms with Gasteiger partial charge < -0.3 is 10.6 Å². The van der Waals surface area contributed by atoms with Gasteiger partial charge in [0.1, 0.15) is 6.33 Å². The second-order valence-corrected chi connectivity index (χ2v) is 7.11. The van der Waals surface area contributed by atoms with Gasteiger partial charge in [-0.3, -0.25) is 4.79 Å². The number of amides is 1. The van der Waals surface area contributed by atoms with Crippen LogP contribution in [0, 0.1) is 19.8 Å². The molecule has 132 valence electrons. The average Bonchev–Trinajstić information content (AvgIpc) is 2.97. The van der Waals surface area contributed by atoms with Crippen molar-refractivity contribution in [2.45, 2.75) is 47.1 Å². The third-order valence-corrected chi connectivity index (χ3v) is 4.47. The topological polar surface area (TPSA) is 71.8 Å². The van der Waals surface area contributed by atoms with Gasteiger partial charge in [-0.25, -0.2) is 4.68 Å². The van der Waals surface area contributed by atoms with Crippen LogP contribution in [0.15, 0.2) is 35.8 Å². The minimum atomic E-state index is -0.121. The number of rotatable bonds is 4. The molecule has 1 amide bonds. The highest BCUT2D eigenvalue weighted by molar-refractivity contribution is 6.05. The summed E-state index contributed by atoms with van der Waals surface area (Å²) in [7, 11) is 0. The van der Waals surface area contributed by atoms with Crippen LogP contribution in [0.5, 0.6) is 0 Å². The maximum Gasteiger partial charge on any atom is 0.255 e. The van der Waals surface area contributed by atoms with Crippen molar-refractivity contribution in [3.8, 4) is 0 Å². The number of carbonyl (C=O) groups is 1. The third kappa shape index (κ3) is 3.43. The maximum atomic E-state index is 13.1. The molecule has 25 heavy (non-hydrogen) atoms. The summed E-state index contributed by atoms with van der Waals surface area (Å²) < 4.78 is 1.81. The van der Waals surface area contributed by atoms with Gasteiger partial charge in [0.2, 0.25) is 5.95 Å². The minimum absolute atomic E-state index is 0.0937. The quantitative estimate of drug-likeness (QED) is 0.888. The Morgan fingerprint density at radius 2 is 2.08 bits per heavy atom. The highest BCUT2D eigenvalue weighted by atomic mass is 16.1. The van der Waals surface area contributed by atoms with Crippen LogP contribution in [-0.4, -0.2) is 20.7 Å². The number of fused-ring (bicyclic) bond motifs is 1. The number of hydrogen-bond acceptors (Lipinski definition) is 4. The molecule has 6 heteroatoms. The first-order valence-corrected chi connectivity index (χ1v) is 8.62. The molecular formula is C19H25N5O. The van der Waals surface area contributed by atoms with E-state index in [-0.39, 0.29) is 11.9 Å². The van der Waals surface area contributed by atoms with Gasteiger partial charge in [0.05, 0.1) is 11.6 Å². The molecule has 0 spiro atoms. The Labute approximate surface area is 148 Å². The molecule has 1 atom stereocenters. The van der Waals surface area contributed by atoms with Gasteiger partial charge in [-0.15, -0.1) is 0 Å². The van der Waals surface area contributed by atoms with Crippen LogP contribution in [0.25, 0.3) is 0 Å². The molecule has 0 fully saturated rings.